The number of anilines is 1. The van der Waals surface area contributed by atoms with Crippen LogP contribution >= 0.6 is 0 Å². The number of benzene rings is 1. The molecule has 1 aliphatic rings. The summed E-state index contributed by atoms with van der Waals surface area (Å²) >= 11 is 0. The van der Waals surface area contributed by atoms with Crippen molar-refractivity contribution in [1.82, 2.24) is 0 Å². The van der Waals surface area contributed by atoms with Gasteiger partial charge < -0.3 is 10.2 Å². The van der Waals surface area contributed by atoms with E-state index in [2.05, 4.69) is 5.32 Å². The lowest BCUT2D eigenvalue weighted by Gasteiger charge is -2.21. The largest absolute Gasteiger partial charge is 0.327 e. The Labute approximate surface area is 122 Å². The Balaban J connectivity index is 1.93. The average molecular weight is 301 g/mol. The van der Waals surface area contributed by atoms with Gasteiger partial charge in [0.2, 0.25) is 0 Å². The molecular formula is C15H20F3N2O+. The number of rotatable bonds is 3. The fraction of sp³-hybridized carbons (Fsp3) is 0.533. The number of quaternary nitrogens is 1. The average Bonchev–Trinajstić information content (AvgIpc) is 2.42. The maximum atomic E-state index is 13.5. The molecule has 0 atom stereocenters. The Morgan fingerprint density at radius 1 is 1.00 bits per heavy atom. The van der Waals surface area contributed by atoms with E-state index in [-0.39, 0.29) is 18.1 Å². The fourth-order valence-electron chi connectivity index (χ4n) is 2.63. The van der Waals surface area contributed by atoms with Crippen LogP contribution in [0.1, 0.15) is 32.1 Å². The predicted octanol–water partition coefficient (Wildman–Crippen LogP) is 1.89. The summed E-state index contributed by atoms with van der Waals surface area (Å²) in [5.41, 5.74) is -0.314. The first-order valence-electron chi connectivity index (χ1n) is 7.35. The minimum Gasteiger partial charge on any atom is -0.327 e. The molecule has 0 aromatic heterocycles. The van der Waals surface area contributed by atoms with Gasteiger partial charge >= 0.3 is 0 Å². The molecule has 1 aromatic rings. The minimum atomic E-state index is -1.56. The Hall–Kier alpha value is -1.56. The van der Waals surface area contributed by atoms with Crippen molar-refractivity contribution in [2.75, 3.05) is 25.0 Å². The van der Waals surface area contributed by atoms with Crippen LogP contribution in [0.3, 0.4) is 0 Å². The Morgan fingerprint density at radius 3 is 2.29 bits per heavy atom. The maximum absolute atomic E-state index is 13.5. The van der Waals surface area contributed by atoms with Crippen LogP contribution in [-0.2, 0) is 4.79 Å². The number of carbonyl (C=O) groups is 1. The molecule has 1 aromatic carbocycles. The lowest BCUT2D eigenvalue weighted by atomic mass is 10.1. The number of hydrogen-bond acceptors (Lipinski definition) is 1. The Morgan fingerprint density at radius 2 is 1.62 bits per heavy atom. The van der Waals surface area contributed by atoms with Gasteiger partial charge in [-0.3, -0.25) is 4.79 Å². The summed E-state index contributed by atoms with van der Waals surface area (Å²) in [7, 11) is 0. The van der Waals surface area contributed by atoms with E-state index >= 15 is 0 Å². The fourth-order valence-corrected chi connectivity index (χ4v) is 2.63. The summed E-state index contributed by atoms with van der Waals surface area (Å²) in [5, 5.41) is 2.32. The molecule has 3 nitrogen and oxygen atoms in total. The molecule has 0 aliphatic carbocycles. The van der Waals surface area contributed by atoms with Gasteiger partial charge in [0.05, 0.1) is 18.8 Å². The number of amides is 1. The second kappa shape index (κ2) is 7.45. The molecule has 1 saturated heterocycles. The zero-order chi connectivity index (χ0) is 15.2. The number of halogens is 3. The smallest absolute Gasteiger partial charge is 0.279 e. The molecule has 1 amide bonds. The second-order valence-corrected chi connectivity index (χ2v) is 5.47. The molecule has 6 heteroatoms. The van der Waals surface area contributed by atoms with E-state index in [1.165, 1.54) is 19.3 Å². The minimum absolute atomic E-state index is 0.221. The number of carbonyl (C=O) groups excluding carboxylic acids is 1. The van der Waals surface area contributed by atoms with Gasteiger partial charge in [0, 0.05) is 0 Å². The molecule has 0 radical (unpaired) electrons. The van der Waals surface area contributed by atoms with Crippen molar-refractivity contribution < 1.29 is 22.9 Å². The van der Waals surface area contributed by atoms with Crippen molar-refractivity contribution in [1.29, 1.82) is 0 Å². The first kappa shape index (κ1) is 15.8. The SMILES string of the molecule is O=C(C[NH+]1CCCCCCC1)Nc1ccc(F)c(F)c1F. The lowest BCUT2D eigenvalue weighted by molar-refractivity contribution is -0.892. The van der Waals surface area contributed by atoms with Crippen molar-refractivity contribution in [3.8, 4) is 0 Å². The van der Waals surface area contributed by atoms with E-state index in [1.807, 2.05) is 0 Å². The number of likely N-dealkylation sites (tertiary alicyclic amines) is 1. The maximum Gasteiger partial charge on any atom is 0.279 e. The summed E-state index contributed by atoms with van der Waals surface area (Å²) in [6, 6.07) is 1.84. The van der Waals surface area contributed by atoms with Gasteiger partial charge in [-0.2, -0.15) is 0 Å². The van der Waals surface area contributed by atoms with Gasteiger partial charge in [0.15, 0.2) is 24.0 Å². The van der Waals surface area contributed by atoms with Crippen molar-refractivity contribution in [2.45, 2.75) is 32.1 Å². The Kier molecular flexibility index (Phi) is 5.61. The van der Waals surface area contributed by atoms with Crippen molar-refractivity contribution >= 4 is 11.6 Å². The number of hydrogen-bond donors (Lipinski definition) is 2. The van der Waals surface area contributed by atoms with Gasteiger partial charge in [-0.25, -0.2) is 13.2 Å². The van der Waals surface area contributed by atoms with Crippen LogP contribution in [-0.4, -0.2) is 25.5 Å². The molecule has 1 aliphatic heterocycles. The van der Waals surface area contributed by atoms with E-state index < -0.39 is 17.5 Å². The van der Waals surface area contributed by atoms with Crippen LogP contribution in [0.25, 0.3) is 0 Å². The highest BCUT2D eigenvalue weighted by Gasteiger charge is 2.19. The zero-order valence-electron chi connectivity index (χ0n) is 11.9. The molecule has 0 bridgehead atoms. The summed E-state index contributed by atoms with van der Waals surface area (Å²) in [6.45, 7) is 2.04. The summed E-state index contributed by atoms with van der Waals surface area (Å²) in [5.74, 6) is -4.56. The highest BCUT2D eigenvalue weighted by molar-refractivity contribution is 5.91. The van der Waals surface area contributed by atoms with Crippen LogP contribution in [0.15, 0.2) is 12.1 Å². The summed E-state index contributed by atoms with van der Waals surface area (Å²) in [6.07, 6.45) is 5.72. The highest BCUT2D eigenvalue weighted by Crippen LogP contribution is 2.19. The van der Waals surface area contributed by atoms with E-state index in [0.717, 1.165) is 43.0 Å². The molecule has 1 fully saturated rings. The molecule has 1 heterocycles. The quantitative estimate of drug-likeness (QED) is 0.821. The zero-order valence-corrected chi connectivity index (χ0v) is 11.9. The number of nitrogens with one attached hydrogen (secondary N) is 2. The van der Waals surface area contributed by atoms with E-state index in [9.17, 15) is 18.0 Å². The first-order chi connectivity index (χ1) is 10.1. The van der Waals surface area contributed by atoms with Gasteiger partial charge in [0.1, 0.15) is 0 Å². The molecule has 0 spiro atoms. The summed E-state index contributed by atoms with van der Waals surface area (Å²) < 4.78 is 39.4. The first-order valence-corrected chi connectivity index (χ1v) is 7.35. The van der Waals surface area contributed by atoms with Crippen LogP contribution in [0.2, 0.25) is 0 Å². The van der Waals surface area contributed by atoms with Crippen LogP contribution < -0.4 is 10.2 Å². The topological polar surface area (TPSA) is 33.5 Å². The van der Waals surface area contributed by atoms with Crippen molar-refractivity contribution in [3.05, 3.63) is 29.6 Å². The van der Waals surface area contributed by atoms with E-state index in [4.69, 9.17) is 0 Å². The van der Waals surface area contributed by atoms with Crippen molar-refractivity contribution in [3.63, 3.8) is 0 Å². The Bertz CT molecular complexity index is 500. The summed E-state index contributed by atoms with van der Waals surface area (Å²) in [4.78, 5) is 13.1. The molecule has 2 rings (SSSR count). The molecule has 0 saturated carbocycles. The second-order valence-electron chi connectivity index (χ2n) is 5.47. The monoisotopic (exact) mass is 301 g/mol. The lowest BCUT2D eigenvalue weighted by Crippen LogP contribution is -3.13. The van der Waals surface area contributed by atoms with Gasteiger partial charge in [-0.15, -0.1) is 0 Å². The molecule has 2 N–H and O–H groups in total. The van der Waals surface area contributed by atoms with Gasteiger partial charge in [-0.05, 0) is 37.8 Å². The van der Waals surface area contributed by atoms with Gasteiger partial charge in [-0.1, -0.05) is 6.42 Å². The third kappa shape index (κ3) is 4.46. The molecular weight excluding hydrogens is 281 g/mol. The molecule has 116 valence electrons. The van der Waals surface area contributed by atoms with Crippen LogP contribution in [0, 0.1) is 17.5 Å². The standard InChI is InChI=1S/C15H19F3N2O/c16-11-6-7-12(15(18)14(11)17)19-13(21)10-20-8-4-2-1-3-5-9-20/h6-7H,1-5,8-10H2,(H,19,21)/p+1. The van der Waals surface area contributed by atoms with E-state index in [0.29, 0.717) is 0 Å². The normalized spacial score (nSPS) is 17.1. The van der Waals surface area contributed by atoms with E-state index in [1.54, 1.807) is 0 Å². The molecule has 21 heavy (non-hydrogen) atoms. The van der Waals surface area contributed by atoms with Gasteiger partial charge in [0.25, 0.3) is 5.91 Å². The molecule has 0 unspecified atom stereocenters. The van der Waals surface area contributed by atoms with Crippen LogP contribution in [0.4, 0.5) is 18.9 Å². The van der Waals surface area contributed by atoms with Crippen LogP contribution in [0.5, 0.6) is 0 Å². The third-order valence-corrected chi connectivity index (χ3v) is 3.78. The predicted molar refractivity (Wildman–Crippen MR) is 73.6 cm³/mol. The van der Waals surface area contributed by atoms with Crippen molar-refractivity contribution in [2.24, 2.45) is 0 Å². The third-order valence-electron chi connectivity index (χ3n) is 3.78. The highest BCUT2D eigenvalue weighted by atomic mass is 19.2.